The summed E-state index contributed by atoms with van der Waals surface area (Å²) in [6.45, 7) is 1.68. The first-order chi connectivity index (χ1) is 9.33. The van der Waals surface area contributed by atoms with Crippen molar-refractivity contribution in [2.75, 3.05) is 13.1 Å². The third-order valence-electron chi connectivity index (χ3n) is 3.71. The Hall–Kier alpha value is -2.10. The summed E-state index contributed by atoms with van der Waals surface area (Å²) in [7, 11) is 0. The molecular weight excluding hydrogens is 238 g/mol. The fraction of sp³-hybridized carbons (Fsp3) is 0.333. The Bertz CT molecular complexity index is 536. The fourth-order valence-corrected chi connectivity index (χ4v) is 2.64. The number of hydrogen-bond acceptors (Lipinski definition) is 2. The van der Waals surface area contributed by atoms with Gasteiger partial charge in [0.2, 0.25) is 5.91 Å². The quantitative estimate of drug-likeness (QED) is 0.911. The highest BCUT2D eigenvalue weighted by Crippen LogP contribution is 2.27. The van der Waals surface area contributed by atoms with E-state index in [1.165, 1.54) is 5.56 Å². The molecule has 4 heteroatoms. The summed E-state index contributed by atoms with van der Waals surface area (Å²) in [4.78, 5) is 21.0. The van der Waals surface area contributed by atoms with Gasteiger partial charge in [0, 0.05) is 30.9 Å². The van der Waals surface area contributed by atoms with Crippen LogP contribution in [0.25, 0.3) is 0 Å². The number of hydrogen-bond donors (Lipinski definition) is 1. The molecule has 1 aliphatic heterocycles. The van der Waals surface area contributed by atoms with Gasteiger partial charge in [0.1, 0.15) is 0 Å². The summed E-state index contributed by atoms with van der Waals surface area (Å²) in [5.41, 5.74) is 2.22. The van der Waals surface area contributed by atoms with Gasteiger partial charge in [-0.2, -0.15) is 0 Å². The number of carbonyl (C=O) groups is 1. The number of benzene rings is 1. The van der Waals surface area contributed by atoms with Crippen molar-refractivity contribution >= 4 is 5.91 Å². The molecule has 3 rings (SSSR count). The molecule has 1 aliphatic rings. The Morgan fingerprint density at radius 1 is 1.37 bits per heavy atom. The maximum atomic E-state index is 12.2. The molecule has 1 aromatic heterocycles. The minimum absolute atomic E-state index is 0.183. The van der Waals surface area contributed by atoms with Crippen molar-refractivity contribution in [3.63, 3.8) is 0 Å². The second-order valence-corrected chi connectivity index (χ2v) is 4.99. The Morgan fingerprint density at radius 2 is 2.21 bits per heavy atom. The lowest BCUT2D eigenvalue weighted by Gasteiger charge is -2.16. The van der Waals surface area contributed by atoms with Crippen LogP contribution in [0.2, 0.25) is 0 Å². The first-order valence-corrected chi connectivity index (χ1v) is 6.63. The average Bonchev–Trinajstić information content (AvgIpc) is 3.10. The normalized spacial score (nSPS) is 18.7. The van der Waals surface area contributed by atoms with Crippen molar-refractivity contribution in [1.29, 1.82) is 0 Å². The van der Waals surface area contributed by atoms with Gasteiger partial charge in [-0.05, 0) is 12.0 Å². The first-order valence-electron chi connectivity index (χ1n) is 6.63. The largest absolute Gasteiger partial charge is 0.348 e. The number of amides is 1. The molecule has 0 spiro atoms. The summed E-state index contributed by atoms with van der Waals surface area (Å²) >= 11 is 0. The van der Waals surface area contributed by atoms with E-state index in [0.717, 1.165) is 25.2 Å². The van der Waals surface area contributed by atoms with Gasteiger partial charge in [-0.1, -0.05) is 30.3 Å². The smallest absolute Gasteiger partial charge is 0.228 e. The first kappa shape index (κ1) is 12.0. The van der Waals surface area contributed by atoms with Gasteiger partial charge in [-0.15, -0.1) is 0 Å². The molecule has 1 saturated heterocycles. The molecule has 0 aliphatic carbocycles. The van der Waals surface area contributed by atoms with E-state index in [4.69, 9.17) is 0 Å². The topological polar surface area (TPSA) is 49.0 Å². The number of H-pyrrole nitrogens is 1. The lowest BCUT2D eigenvalue weighted by Crippen LogP contribution is -2.29. The van der Waals surface area contributed by atoms with E-state index in [1.54, 1.807) is 12.5 Å². The minimum atomic E-state index is 0.183. The van der Waals surface area contributed by atoms with E-state index in [1.807, 2.05) is 11.0 Å². The van der Waals surface area contributed by atoms with Gasteiger partial charge in [0.05, 0.1) is 12.7 Å². The molecule has 1 unspecified atom stereocenters. The Morgan fingerprint density at radius 3 is 2.95 bits per heavy atom. The number of rotatable bonds is 3. The lowest BCUT2D eigenvalue weighted by molar-refractivity contribution is -0.129. The van der Waals surface area contributed by atoms with Gasteiger partial charge in [-0.25, -0.2) is 4.98 Å². The van der Waals surface area contributed by atoms with E-state index < -0.39 is 0 Å². The second-order valence-electron chi connectivity index (χ2n) is 4.99. The number of nitrogens with zero attached hydrogens (tertiary/aromatic N) is 2. The molecule has 2 aromatic rings. The van der Waals surface area contributed by atoms with Crippen LogP contribution >= 0.6 is 0 Å². The van der Waals surface area contributed by atoms with Crippen LogP contribution < -0.4 is 0 Å². The van der Waals surface area contributed by atoms with Gasteiger partial charge in [0.25, 0.3) is 0 Å². The summed E-state index contributed by atoms with van der Waals surface area (Å²) in [6.07, 6.45) is 4.79. The van der Waals surface area contributed by atoms with E-state index in [2.05, 4.69) is 34.2 Å². The van der Waals surface area contributed by atoms with Crippen molar-refractivity contribution in [3.05, 3.63) is 54.1 Å². The lowest BCUT2D eigenvalue weighted by atomic mass is 9.99. The summed E-state index contributed by atoms with van der Waals surface area (Å²) < 4.78 is 0. The van der Waals surface area contributed by atoms with E-state index >= 15 is 0 Å². The Kier molecular flexibility index (Phi) is 3.31. The highest BCUT2D eigenvalue weighted by atomic mass is 16.2. The number of imidazole rings is 1. The average molecular weight is 255 g/mol. The van der Waals surface area contributed by atoms with Crippen molar-refractivity contribution in [2.24, 2.45) is 0 Å². The van der Waals surface area contributed by atoms with Gasteiger partial charge in [-0.3, -0.25) is 4.79 Å². The standard InChI is InChI=1S/C15H17N3O/c19-15(8-14-9-16-11-17-14)18-7-6-13(10-18)12-4-2-1-3-5-12/h1-5,9,11,13H,6-8,10H2,(H,16,17). The van der Waals surface area contributed by atoms with Crippen molar-refractivity contribution in [2.45, 2.75) is 18.8 Å². The van der Waals surface area contributed by atoms with E-state index in [9.17, 15) is 4.79 Å². The number of nitrogens with one attached hydrogen (secondary N) is 1. The molecule has 1 N–H and O–H groups in total. The molecule has 0 saturated carbocycles. The molecule has 0 radical (unpaired) electrons. The third-order valence-corrected chi connectivity index (χ3v) is 3.71. The number of aromatic nitrogens is 2. The zero-order valence-corrected chi connectivity index (χ0v) is 10.7. The third kappa shape index (κ3) is 2.67. The molecule has 19 heavy (non-hydrogen) atoms. The van der Waals surface area contributed by atoms with E-state index in [-0.39, 0.29) is 5.91 Å². The van der Waals surface area contributed by atoms with E-state index in [0.29, 0.717) is 12.3 Å². The molecule has 2 heterocycles. The van der Waals surface area contributed by atoms with Crippen molar-refractivity contribution < 1.29 is 4.79 Å². The van der Waals surface area contributed by atoms with Crippen molar-refractivity contribution in [3.8, 4) is 0 Å². The van der Waals surface area contributed by atoms with Crippen LogP contribution in [0.15, 0.2) is 42.9 Å². The number of aromatic amines is 1. The SMILES string of the molecule is O=C(Cc1cnc[nH]1)N1CCC(c2ccccc2)C1. The zero-order chi connectivity index (χ0) is 13.1. The predicted molar refractivity (Wildman–Crippen MR) is 72.7 cm³/mol. The highest BCUT2D eigenvalue weighted by molar-refractivity contribution is 5.78. The Balaban J connectivity index is 1.61. The molecule has 1 fully saturated rings. The second kappa shape index (κ2) is 5.26. The van der Waals surface area contributed by atoms with Gasteiger partial charge in [0.15, 0.2) is 0 Å². The van der Waals surface area contributed by atoms with Crippen LogP contribution in [-0.4, -0.2) is 33.9 Å². The maximum absolute atomic E-state index is 12.2. The molecule has 1 aromatic carbocycles. The van der Waals surface area contributed by atoms with Crippen LogP contribution in [0.3, 0.4) is 0 Å². The Labute approximate surface area is 112 Å². The van der Waals surface area contributed by atoms with Crippen LogP contribution in [0.5, 0.6) is 0 Å². The molecule has 98 valence electrons. The molecule has 1 amide bonds. The summed E-state index contributed by atoms with van der Waals surface area (Å²) in [5.74, 6) is 0.662. The highest BCUT2D eigenvalue weighted by Gasteiger charge is 2.27. The van der Waals surface area contributed by atoms with Crippen LogP contribution in [0.1, 0.15) is 23.6 Å². The predicted octanol–water partition coefficient (Wildman–Crippen LogP) is 1.97. The number of likely N-dealkylation sites (tertiary alicyclic amines) is 1. The molecule has 4 nitrogen and oxygen atoms in total. The van der Waals surface area contributed by atoms with Gasteiger partial charge >= 0.3 is 0 Å². The maximum Gasteiger partial charge on any atom is 0.228 e. The van der Waals surface area contributed by atoms with Gasteiger partial charge < -0.3 is 9.88 Å². The molecule has 0 bridgehead atoms. The van der Waals surface area contributed by atoms with Crippen LogP contribution in [0.4, 0.5) is 0 Å². The number of carbonyl (C=O) groups excluding carboxylic acids is 1. The molecular formula is C15H17N3O. The molecule has 1 atom stereocenters. The minimum Gasteiger partial charge on any atom is -0.348 e. The van der Waals surface area contributed by atoms with Crippen LogP contribution in [0, 0.1) is 0 Å². The summed E-state index contributed by atoms with van der Waals surface area (Å²) in [5, 5.41) is 0. The fourth-order valence-electron chi connectivity index (χ4n) is 2.64. The monoisotopic (exact) mass is 255 g/mol. The zero-order valence-electron chi connectivity index (χ0n) is 10.7. The summed E-state index contributed by atoms with van der Waals surface area (Å²) in [6, 6.07) is 10.4. The van der Waals surface area contributed by atoms with Crippen molar-refractivity contribution in [1.82, 2.24) is 14.9 Å². The van der Waals surface area contributed by atoms with Crippen LogP contribution in [-0.2, 0) is 11.2 Å².